The molecule has 0 N–H and O–H groups in total. The van der Waals surface area contributed by atoms with Gasteiger partial charge in [0.1, 0.15) is 0 Å². The Kier molecular flexibility index (Phi) is 5.23. The Morgan fingerprint density at radius 3 is 1.81 bits per heavy atom. The normalized spacial score (nSPS) is 12.6. The molecule has 0 aromatic heterocycles. The van der Waals surface area contributed by atoms with Crippen molar-refractivity contribution in [3.05, 3.63) is 66.1 Å². The number of alkyl halides is 1. The number of hydrogen-bond donors (Lipinski definition) is 0. The van der Waals surface area contributed by atoms with Crippen molar-refractivity contribution >= 4 is 43.5 Å². The summed E-state index contributed by atoms with van der Waals surface area (Å²) < 4.78 is 2.09. The average molecular weight is 431 g/mol. The van der Waals surface area contributed by atoms with Gasteiger partial charge in [0, 0.05) is 8.95 Å². The quantitative estimate of drug-likeness (QED) is 0.447. The van der Waals surface area contributed by atoms with E-state index in [0.717, 1.165) is 14.5 Å². The highest BCUT2D eigenvalue weighted by Crippen LogP contribution is 2.40. The number of halogens is 3. The minimum absolute atomic E-state index is 0.158. The molecular weight excluding hydrogens is 411 g/mol. The molecule has 0 aliphatic carbocycles. The maximum Gasteiger partial charge on any atom is 0.0852 e. The third-order valence-corrected chi connectivity index (χ3v) is 6.21. The van der Waals surface area contributed by atoms with E-state index in [1.165, 1.54) is 33.4 Å². The summed E-state index contributed by atoms with van der Waals surface area (Å²) in [5, 5.41) is -0.158. The van der Waals surface area contributed by atoms with Crippen LogP contribution in [0.2, 0.25) is 0 Å². The van der Waals surface area contributed by atoms with E-state index in [4.69, 9.17) is 11.6 Å². The first kappa shape index (κ1) is 17.1. The zero-order valence-corrected chi connectivity index (χ0v) is 16.9. The van der Waals surface area contributed by atoms with Gasteiger partial charge in [0.15, 0.2) is 0 Å². The van der Waals surface area contributed by atoms with Crippen molar-refractivity contribution in [2.45, 2.75) is 40.0 Å². The van der Waals surface area contributed by atoms with Gasteiger partial charge < -0.3 is 0 Å². The van der Waals surface area contributed by atoms with Gasteiger partial charge in [-0.15, -0.1) is 11.6 Å². The minimum atomic E-state index is -0.158. The van der Waals surface area contributed by atoms with Gasteiger partial charge in [0.05, 0.1) is 5.38 Å². The van der Waals surface area contributed by atoms with Crippen LogP contribution >= 0.6 is 43.5 Å². The smallest absolute Gasteiger partial charge is 0.0852 e. The monoisotopic (exact) mass is 428 g/mol. The molecule has 1 atom stereocenters. The summed E-state index contributed by atoms with van der Waals surface area (Å²) >= 11 is 14.0. The fourth-order valence-electron chi connectivity index (χ4n) is 2.77. The van der Waals surface area contributed by atoms with Gasteiger partial charge in [-0.3, -0.25) is 0 Å². The SMILES string of the molecule is Cc1c(C)c(C)c(C(Cl)c2cc(Br)ccc2Br)c(C)c1C. The second kappa shape index (κ2) is 6.44. The predicted octanol–water partition coefficient (Wildman–Crippen LogP) is 7.08. The van der Waals surface area contributed by atoms with Crippen LogP contribution in [-0.4, -0.2) is 0 Å². The molecule has 112 valence electrons. The fraction of sp³-hybridized carbons (Fsp3) is 0.333. The first-order valence-electron chi connectivity index (χ1n) is 6.91. The van der Waals surface area contributed by atoms with Crippen molar-refractivity contribution in [1.29, 1.82) is 0 Å². The molecule has 2 rings (SSSR count). The zero-order valence-electron chi connectivity index (χ0n) is 12.9. The Hall–Kier alpha value is -0.310. The second-order valence-electron chi connectivity index (χ2n) is 5.57. The molecule has 0 saturated heterocycles. The van der Waals surface area contributed by atoms with Crippen LogP contribution < -0.4 is 0 Å². The summed E-state index contributed by atoms with van der Waals surface area (Å²) in [4.78, 5) is 0. The Morgan fingerprint density at radius 1 is 0.810 bits per heavy atom. The van der Waals surface area contributed by atoms with E-state index in [1.807, 2.05) is 12.1 Å². The van der Waals surface area contributed by atoms with Crippen LogP contribution in [0.15, 0.2) is 27.1 Å². The summed E-state index contributed by atoms with van der Waals surface area (Å²) in [6, 6.07) is 6.14. The van der Waals surface area contributed by atoms with Gasteiger partial charge in [0.25, 0.3) is 0 Å². The maximum atomic E-state index is 6.86. The Balaban J connectivity index is 2.69. The van der Waals surface area contributed by atoms with Crippen LogP contribution in [0.4, 0.5) is 0 Å². The molecular formula is C18H19Br2Cl. The number of benzene rings is 2. The van der Waals surface area contributed by atoms with Crippen LogP contribution in [0.1, 0.15) is 44.3 Å². The van der Waals surface area contributed by atoms with Crippen molar-refractivity contribution in [2.75, 3.05) is 0 Å². The standard InChI is InChI=1S/C18H19Br2Cl/c1-9-10(2)12(4)17(13(5)11(9)3)18(21)15-8-14(19)6-7-16(15)20/h6-8,18H,1-5H3. The Bertz CT molecular complexity index is 676. The van der Waals surface area contributed by atoms with E-state index >= 15 is 0 Å². The first-order chi connectivity index (χ1) is 9.75. The molecule has 2 aromatic carbocycles. The lowest BCUT2D eigenvalue weighted by molar-refractivity contribution is 1.03. The molecule has 0 fully saturated rings. The molecule has 0 radical (unpaired) electrons. The average Bonchev–Trinajstić information content (AvgIpc) is 2.45. The lowest BCUT2D eigenvalue weighted by Gasteiger charge is -2.23. The van der Waals surface area contributed by atoms with E-state index in [2.05, 4.69) is 72.5 Å². The summed E-state index contributed by atoms with van der Waals surface area (Å²) in [5.74, 6) is 0. The maximum absolute atomic E-state index is 6.86. The van der Waals surface area contributed by atoms with Crippen molar-refractivity contribution < 1.29 is 0 Å². The molecule has 0 amide bonds. The molecule has 3 heteroatoms. The number of rotatable bonds is 2. The molecule has 1 unspecified atom stereocenters. The van der Waals surface area contributed by atoms with Crippen LogP contribution in [-0.2, 0) is 0 Å². The lowest BCUT2D eigenvalue weighted by atomic mass is 9.86. The molecule has 0 aliphatic rings. The van der Waals surface area contributed by atoms with Crippen molar-refractivity contribution in [1.82, 2.24) is 0 Å². The third kappa shape index (κ3) is 3.09. The Morgan fingerprint density at radius 2 is 1.29 bits per heavy atom. The summed E-state index contributed by atoms with van der Waals surface area (Å²) in [6.07, 6.45) is 0. The topological polar surface area (TPSA) is 0 Å². The van der Waals surface area contributed by atoms with Gasteiger partial charge in [-0.25, -0.2) is 0 Å². The highest BCUT2D eigenvalue weighted by molar-refractivity contribution is 9.11. The largest absolute Gasteiger partial charge is 0.113 e. The van der Waals surface area contributed by atoms with Crippen molar-refractivity contribution in [3.63, 3.8) is 0 Å². The van der Waals surface area contributed by atoms with E-state index in [1.54, 1.807) is 0 Å². The van der Waals surface area contributed by atoms with Gasteiger partial charge in [0.2, 0.25) is 0 Å². The predicted molar refractivity (Wildman–Crippen MR) is 99.7 cm³/mol. The Labute approximate surface area is 149 Å². The summed E-state index contributed by atoms with van der Waals surface area (Å²) in [7, 11) is 0. The van der Waals surface area contributed by atoms with Crippen LogP contribution in [0, 0.1) is 34.6 Å². The number of hydrogen-bond acceptors (Lipinski definition) is 0. The molecule has 0 saturated carbocycles. The molecule has 21 heavy (non-hydrogen) atoms. The summed E-state index contributed by atoms with van der Waals surface area (Å²) in [6.45, 7) is 10.9. The van der Waals surface area contributed by atoms with Crippen LogP contribution in [0.25, 0.3) is 0 Å². The van der Waals surface area contributed by atoms with Crippen molar-refractivity contribution in [2.24, 2.45) is 0 Å². The molecule has 0 spiro atoms. The minimum Gasteiger partial charge on any atom is -0.113 e. The first-order valence-corrected chi connectivity index (χ1v) is 8.93. The van der Waals surface area contributed by atoms with E-state index < -0.39 is 0 Å². The van der Waals surface area contributed by atoms with Crippen molar-refractivity contribution in [3.8, 4) is 0 Å². The summed E-state index contributed by atoms with van der Waals surface area (Å²) in [5.41, 5.74) is 8.96. The lowest BCUT2D eigenvalue weighted by Crippen LogP contribution is -2.06. The molecule has 2 aromatic rings. The van der Waals surface area contributed by atoms with Crippen LogP contribution in [0.5, 0.6) is 0 Å². The highest BCUT2D eigenvalue weighted by atomic mass is 79.9. The highest BCUT2D eigenvalue weighted by Gasteiger charge is 2.21. The van der Waals surface area contributed by atoms with Gasteiger partial charge in [-0.2, -0.15) is 0 Å². The molecule has 0 nitrogen and oxygen atoms in total. The third-order valence-electron chi connectivity index (χ3n) is 4.54. The van der Waals surface area contributed by atoms with Crippen LogP contribution in [0.3, 0.4) is 0 Å². The van der Waals surface area contributed by atoms with Gasteiger partial charge >= 0.3 is 0 Å². The molecule has 0 heterocycles. The van der Waals surface area contributed by atoms with Gasteiger partial charge in [-0.1, -0.05) is 31.9 Å². The molecule has 0 bridgehead atoms. The van der Waals surface area contributed by atoms with E-state index in [0.29, 0.717) is 0 Å². The zero-order chi connectivity index (χ0) is 15.9. The fourth-order valence-corrected chi connectivity index (χ4v) is 4.27. The van der Waals surface area contributed by atoms with E-state index in [-0.39, 0.29) is 5.38 Å². The van der Waals surface area contributed by atoms with Gasteiger partial charge in [-0.05, 0) is 91.8 Å². The second-order valence-corrected chi connectivity index (χ2v) is 7.77. The van der Waals surface area contributed by atoms with E-state index in [9.17, 15) is 0 Å². The molecule has 0 aliphatic heterocycles.